The van der Waals surface area contributed by atoms with Gasteiger partial charge in [0.05, 0.1) is 10.6 Å². The number of nitrogens with zero attached hydrogens (tertiary/aromatic N) is 3. The first-order valence-corrected chi connectivity index (χ1v) is 11.5. The molecule has 1 amide bonds. The molecule has 31 heavy (non-hydrogen) atoms. The van der Waals surface area contributed by atoms with E-state index in [-0.39, 0.29) is 17.3 Å². The second kappa shape index (κ2) is 8.15. The van der Waals surface area contributed by atoms with E-state index in [1.54, 1.807) is 19.2 Å². The number of likely N-dealkylation sites (N-methyl/N-ethyl adjacent to an activating group) is 1. The average Bonchev–Trinajstić information content (AvgIpc) is 2.97. The van der Waals surface area contributed by atoms with Gasteiger partial charge in [-0.2, -0.15) is 0 Å². The number of amides is 1. The highest BCUT2D eigenvalue weighted by atomic mass is 32.2. The van der Waals surface area contributed by atoms with Gasteiger partial charge in [0.15, 0.2) is 5.17 Å². The summed E-state index contributed by atoms with van der Waals surface area (Å²) in [6, 6.07) is 13.1. The molecule has 2 aliphatic rings. The fourth-order valence-corrected chi connectivity index (χ4v) is 5.61. The van der Waals surface area contributed by atoms with E-state index in [1.807, 2.05) is 36.4 Å². The monoisotopic (exact) mass is 437 g/mol. The summed E-state index contributed by atoms with van der Waals surface area (Å²) in [7, 11) is 1.70. The average molecular weight is 438 g/mol. The maximum Gasteiger partial charge on any atom is 0.266 e. The number of hydrogen-bond acceptors (Lipinski definition) is 4. The summed E-state index contributed by atoms with van der Waals surface area (Å²) in [6.45, 7) is 9.54. The highest BCUT2D eigenvalue weighted by molar-refractivity contribution is 8.18. The molecule has 4 nitrogen and oxygen atoms in total. The second-order valence-electron chi connectivity index (χ2n) is 8.80. The van der Waals surface area contributed by atoms with E-state index in [0.29, 0.717) is 21.6 Å². The van der Waals surface area contributed by atoms with Gasteiger partial charge >= 0.3 is 0 Å². The standard InChI is InChI=1S/C25H28FN3OS/c1-6-29-21-14-20(26)17(12-19(21)16(2)15-25(29,3)4)13-22-23(30)28(5)24(31-22)27-18-10-8-7-9-11-18/h7-14,16H,6,15H2,1-5H3/b22-13+,27-24?. The Morgan fingerprint density at radius 1 is 1.26 bits per heavy atom. The lowest BCUT2D eigenvalue weighted by Crippen LogP contribution is -2.48. The van der Waals surface area contributed by atoms with Crippen molar-refractivity contribution in [2.75, 3.05) is 18.5 Å². The molecule has 1 unspecified atom stereocenters. The van der Waals surface area contributed by atoms with Crippen molar-refractivity contribution in [1.29, 1.82) is 0 Å². The Morgan fingerprint density at radius 3 is 2.65 bits per heavy atom. The molecule has 0 spiro atoms. The minimum absolute atomic E-state index is 0.0175. The molecule has 2 aromatic carbocycles. The van der Waals surface area contributed by atoms with Gasteiger partial charge in [0, 0.05) is 30.4 Å². The van der Waals surface area contributed by atoms with Crippen LogP contribution in [-0.2, 0) is 4.79 Å². The van der Waals surface area contributed by atoms with Crippen LogP contribution in [0, 0.1) is 5.82 Å². The summed E-state index contributed by atoms with van der Waals surface area (Å²) in [5.41, 5.74) is 3.31. The molecular weight excluding hydrogens is 409 g/mol. The summed E-state index contributed by atoms with van der Waals surface area (Å²) in [5.74, 6) is -0.157. The topological polar surface area (TPSA) is 35.9 Å². The number of thioether (sulfide) groups is 1. The van der Waals surface area contributed by atoms with Gasteiger partial charge in [-0.15, -0.1) is 0 Å². The minimum atomic E-state index is -0.306. The van der Waals surface area contributed by atoms with Crippen molar-refractivity contribution in [2.45, 2.75) is 45.6 Å². The fourth-order valence-electron chi connectivity index (χ4n) is 4.64. The lowest BCUT2D eigenvalue weighted by atomic mass is 9.79. The molecule has 1 atom stereocenters. The number of carbonyl (C=O) groups excluding carboxylic acids is 1. The van der Waals surface area contributed by atoms with Gasteiger partial charge in [-0.3, -0.25) is 9.69 Å². The second-order valence-corrected chi connectivity index (χ2v) is 9.81. The number of anilines is 1. The molecule has 1 saturated heterocycles. The SMILES string of the molecule is CCN1c2cc(F)c(/C=C3/SC(=Nc4ccccc4)N(C)C3=O)cc2C(C)CC1(C)C. The van der Waals surface area contributed by atoms with Crippen molar-refractivity contribution in [2.24, 2.45) is 4.99 Å². The van der Waals surface area contributed by atoms with E-state index in [0.717, 1.165) is 29.9 Å². The summed E-state index contributed by atoms with van der Waals surface area (Å²) < 4.78 is 15.2. The lowest BCUT2D eigenvalue weighted by Gasteiger charge is -2.47. The number of halogens is 1. The molecule has 2 aliphatic heterocycles. The van der Waals surface area contributed by atoms with Gasteiger partial charge in [0.25, 0.3) is 5.91 Å². The van der Waals surface area contributed by atoms with Crippen LogP contribution in [0.4, 0.5) is 15.8 Å². The number of aliphatic imine (C=N–C) groups is 1. The first kappa shape index (κ1) is 21.6. The van der Waals surface area contributed by atoms with Gasteiger partial charge in [-0.05, 0) is 80.8 Å². The molecule has 162 valence electrons. The van der Waals surface area contributed by atoms with E-state index in [4.69, 9.17) is 0 Å². The van der Waals surface area contributed by atoms with E-state index < -0.39 is 0 Å². The molecule has 0 saturated carbocycles. The number of rotatable bonds is 3. The van der Waals surface area contributed by atoms with Crippen LogP contribution in [0.5, 0.6) is 0 Å². The van der Waals surface area contributed by atoms with Crippen molar-refractivity contribution in [1.82, 2.24) is 4.90 Å². The van der Waals surface area contributed by atoms with Crippen LogP contribution in [-0.4, -0.2) is 35.1 Å². The molecule has 6 heteroatoms. The Kier molecular flexibility index (Phi) is 5.69. The third kappa shape index (κ3) is 4.01. The van der Waals surface area contributed by atoms with Crippen LogP contribution in [0.3, 0.4) is 0 Å². The molecule has 0 bridgehead atoms. The number of benzene rings is 2. The Balaban J connectivity index is 1.70. The highest BCUT2D eigenvalue weighted by Crippen LogP contribution is 2.44. The Hall–Kier alpha value is -2.60. The zero-order valence-electron chi connectivity index (χ0n) is 18.6. The maximum absolute atomic E-state index is 15.2. The number of fused-ring (bicyclic) bond motifs is 1. The molecule has 0 aromatic heterocycles. The summed E-state index contributed by atoms with van der Waals surface area (Å²) >= 11 is 1.28. The zero-order chi connectivity index (χ0) is 22.3. The van der Waals surface area contributed by atoms with Crippen LogP contribution in [0.15, 0.2) is 52.4 Å². The number of carbonyl (C=O) groups is 1. The van der Waals surface area contributed by atoms with E-state index in [1.165, 1.54) is 16.7 Å². The van der Waals surface area contributed by atoms with Crippen molar-refractivity contribution in [3.05, 3.63) is 64.3 Å². The third-order valence-corrected chi connectivity index (χ3v) is 7.15. The fraction of sp³-hybridized carbons (Fsp3) is 0.360. The van der Waals surface area contributed by atoms with Crippen LogP contribution in [0.25, 0.3) is 6.08 Å². The van der Waals surface area contributed by atoms with Gasteiger partial charge < -0.3 is 4.90 Å². The molecule has 0 radical (unpaired) electrons. The van der Waals surface area contributed by atoms with Crippen LogP contribution in [0.1, 0.15) is 51.2 Å². The molecule has 2 aromatic rings. The Labute approximate surface area is 187 Å². The number of hydrogen-bond donors (Lipinski definition) is 0. The molecular formula is C25H28FN3OS. The van der Waals surface area contributed by atoms with Gasteiger partial charge in [-0.25, -0.2) is 9.38 Å². The van der Waals surface area contributed by atoms with Gasteiger partial charge in [0.1, 0.15) is 5.82 Å². The quantitative estimate of drug-likeness (QED) is 0.539. The largest absolute Gasteiger partial charge is 0.366 e. The highest BCUT2D eigenvalue weighted by Gasteiger charge is 2.36. The Bertz CT molecular complexity index is 1080. The normalized spacial score (nSPS) is 23.0. The molecule has 0 aliphatic carbocycles. The van der Waals surface area contributed by atoms with Crippen LogP contribution in [0.2, 0.25) is 0 Å². The first-order valence-electron chi connectivity index (χ1n) is 10.6. The number of para-hydroxylation sites is 1. The van der Waals surface area contributed by atoms with Crippen LogP contribution >= 0.6 is 11.8 Å². The molecule has 0 N–H and O–H groups in total. The van der Waals surface area contributed by atoms with Crippen LogP contribution < -0.4 is 4.90 Å². The zero-order valence-corrected chi connectivity index (χ0v) is 19.5. The maximum atomic E-state index is 15.2. The third-order valence-electron chi connectivity index (χ3n) is 6.09. The predicted octanol–water partition coefficient (Wildman–Crippen LogP) is 6.17. The molecule has 4 rings (SSSR count). The number of amidine groups is 1. The minimum Gasteiger partial charge on any atom is -0.366 e. The summed E-state index contributed by atoms with van der Waals surface area (Å²) in [4.78, 5) is 21.6. The van der Waals surface area contributed by atoms with E-state index in [2.05, 4.69) is 37.6 Å². The molecule has 1 fully saturated rings. The first-order chi connectivity index (χ1) is 14.7. The predicted molar refractivity (Wildman–Crippen MR) is 128 cm³/mol. The van der Waals surface area contributed by atoms with Gasteiger partial charge in [0.2, 0.25) is 0 Å². The smallest absolute Gasteiger partial charge is 0.266 e. The lowest BCUT2D eigenvalue weighted by molar-refractivity contribution is -0.121. The van der Waals surface area contributed by atoms with E-state index >= 15 is 4.39 Å². The van der Waals surface area contributed by atoms with Crippen molar-refractivity contribution >= 4 is 40.3 Å². The Morgan fingerprint density at radius 2 is 1.97 bits per heavy atom. The van der Waals surface area contributed by atoms with Crippen molar-refractivity contribution < 1.29 is 9.18 Å². The summed E-state index contributed by atoms with van der Waals surface area (Å²) in [5, 5.41) is 0.591. The summed E-state index contributed by atoms with van der Waals surface area (Å²) in [6.07, 6.45) is 2.66. The van der Waals surface area contributed by atoms with Gasteiger partial charge in [-0.1, -0.05) is 25.1 Å². The van der Waals surface area contributed by atoms with Crippen molar-refractivity contribution in [3.8, 4) is 0 Å². The van der Waals surface area contributed by atoms with Crippen molar-refractivity contribution in [3.63, 3.8) is 0 Å². The molecule has 2 heterocycles. The van der Waals surface area contributed by atoms with E-state index in [9.17, 15) is 4.79 Å².